The first-order chi connectivity index (χ1) is 10.6. The molecule has 22 heavy (non-hydrogen) atoms. The quantitative estimate of drug-likeness (QED) is 0.800. The highest BCUT2D eigenvalue weighted by atomic mass is 16.6. The lowest BCUT2D eigenvalue weighted by molar-refractivity contribution is -0.143. The minimum atomic E-state index is -0.800. The summed E-state index contributed by atoms with van der Waals surface area (Å²) in [7, 11) is 0. The van der Waals surface area contributed by atoms with Gasteiger partial charge in [0.1, 0.15) is 6.10 Å². The van der Waals surface area contributed by atoms with Crippen molar-refractivity contribution in [3.63, 3.8) is 0 Å². The number of esters is 1. The van der Waals surface area contributed by atoms with Gasteiger partial charge in [-0.2, -0.15) is 0 Å². The summed E-state index contributed by atoms with van der Waals surface area (Å²) in [6.07, 6.45) is 3.45. The van der Waals surface area contributed by atoms with Gasteiger partial charge in [-0.3, -0.25) is 4.90 Å². The summed E-state index contributed by atoms with van der Waals surface area (Å²) < 4.78 is 10.5. The molecule has 2 unspecified atom stereocenters. The molecule has 0 aliphatic carbocycles. The number of rotatable bonds is 4. The van der Waals surface area contributed by atoms with E-state index < -0.39 is 18.1 Å². The van der Waals surface area contributed by atoms with E-state index in [2.05, 4.69) is 0 Å². The van der Waals surface area contributed by atoms with Crippen LogP contribution in [-0.4, -0.2) is 30.8 Å². The van der Waals surface area contributed by atoms with Crippen molar-refractivity contribution in [2.24, 2.45) is 0 Å². The van der Waals surface area contributed by atoms with Gasteiger partial charge in [0, 0.05) is 0 Å². The number of benzene rings is 1. The van der Waals surface area contributed by atoms with Crippen molar-refractivity contribution in [2.75, 3.05) is 11.5 Å². The molecule has 5 nitrogen and oxygen atoms in total. The van der Waals surface area contributed by atoms with Crippen LogP contribution in [0.25, 0.3) is 6.08 Å². The van der Waals surface area contributed by atoms with Crippen molar-refractivity contribution in [3.8, 4) is 0 Å². The molecule has 0 saturated heterocycles. The fraction of sp³-hybridized carbons (Fsp3) is 0.412. The largest absolute Gasteiger partial charge is 0.464 e. The molecule has 1 aromatic rings. The van der Waals surface area contributed by atoms with Crippen LogP contribution in [0.3, 0.4) is 0 Å². The third-order valence-corrected chi connectivity index (χ3v) is 3.53. The Bertz CT molecular complexity index is 582. The SMILES string of the molecule is CCOC(=O)C1C=Cc2ccccc2N1C(=O)OC(C)CC. The second kappa shape index (κ2) is 7.11. The normalized spacial score (nSPS) is 17.6. The summed E-state index contributed by atoms with van der Waals surface area (Å²) >= 11 is 0. The minimum absolute atomic E-state index is 0.214. The van der Waals surface area contributed by atoms with E-state index in [0.717, 1.165) is 5.56 Å². The molecule has 0 saturated carbocycles. The van der Waals surface area contributed by atoms with Crippen molar-refractivity contribution in [1.82, 2.24) is 0 Å². The smallest absolute Gasteiger partial charge is 0.415 e. The van der Waals surface area contributed by atoms with Gasteiger partial charge in [-0.25, -0.2) is 9.59 Å². The van der Waals surface area contributed by atoms with Gasteiger partial charge in [0.15, 0.2) is 6.04 Å². The van der Waals surface area contributed by atoms with Gasteiger partial charge >= 0.3 is 12.1 Å². The fourth-order valence-electron chi connectivity index (χ4n) is 2.21. The molecule has 0 N–H and O–H groups in total. The lowest BCUT2D eigenvalue weighted by Gasteiger charge is -2.32. The maximum absolute atomic E-state index is 12.5. The number of para-hydroxylation sites is 1. The van der Waals surface area contributed by atoms with Crippen molar-refractivity contribution >= 4 is 23.8 Å². The van der Waals surface area contributed by atoms with Crippen molar-refractivity contribution in [2.45, 2.75) is 39.3 Å². The Hall–Kier alpha value is -2.30. The van der Waals surface area contributed by atoms with Crippen molar-refractivity contribution < 1.29 is 19.1 Å². The Morgan fingerprint density at radius 1 is 1.27 bits per heavy atom. The van der Waals surface area contributed by atoms with Crippen LogP contribution in [-0.2, 0) is 14.3 Å². The topological polar surface area (TPSA) is 55.8 Å². The lowest BCUT2D eigenvalue weighted by Crippen LogP contribution is -2.47. The van der Waals surface area contributed by atoms with Crippen LogP contribution in [0.5, 0.6) is 0 Å². The Balaban J connectivity index is 2.35. The van der Waals surface area contributed by atoms with Gasteiger partial charge in [0.25, 0.3) is 0 Å². The highest BCUT2D eigenvalue weighted by molar-refractivity contribution is 6.01. The van der Waals surface area contributed by atoms with Gasteiger partial charge in [0.05, 0.1) is 12.3 Å². The van der Waals surface area contributed by atoms with E-state index in [1.165, 1.54) is 4.90 Å². The van der Waals surface area contributed by atoms with Crippen LogP contribution in [0.2, 0.25) is 0 Å². The first-order valence-electron chi connectivity index (χ1n) is 7.52. The molecule has 0 bridgehead atoms. The Labute approximate surface area is 130 Å². The molecule has 0 fully saturated rings. The first kappa shape index (κ1) is 16.1. The summed E-state index contributed by atoms with van der Waals surface area (Å²) in [4.78, 5) is 26.0. The first-order valence-corrected chi connectivity index (χ1v) is 7.52. The summed E-state index contributed by atoms with van der Waals surface area (Å²) in [5.41, 5.74) is 1.51. The number of hydrogen-bond acceptors (Lipinski definition) is 4. The molecule has 5 heteroatoms. The second-order valence-corrected chi connectivity index (χ2v) is 5.09. The van der Waals surface area contributed by atoms with E-state index in [-0.39, 0.29) is 12.7 Å². The number of ether oxygens (including phenoxy) is 2. The number of hydrogen-bond donors (Lipinski definition) is 0. The molecule has 0 radical (unpaired) electrons. The van der Waals surface area contributed by atoms with Gasteiger partial charge in [-0.05, 0) is 38.0 Å². The van der Waals surface area contributed by atoms with E-state index in [4.69, 9.17) is 9.47 Å². The summed E-state index contributed by atoms with van der Waals surface area (Å²) in [5.74, 6) is -0.464. The van der Waals surface area contributed by atoms with E-state index in [1.54, 1.807) is 19.1 Å². The molecular formula is C17H21NO4. The zero-order chi connectivity index (χ0) is 16.1. The molecule has 1 heterocycles. The number of nitrogens with zero attached hydrogens (tertiary/aromatic N) is 1. The Morgan fingerprint density at radius 2 is 2.00 bits per heavy atom. The zero-order valence-corrected chi connectivity index (χ0v) is 13.1. The number of fused-ring (bicyclic) bond motifs is 1. The third kappa shape index (κ3) is 3.30. The van der Waals surface area contributed by atoms with Crippen molar-refractivity contribution in [3.05, 3.63) is 35.9 Å². The van der Waals surface area contributed by atoms with E-state index in [9.17, 15) is 9.59 Å². The van der Waals surface area contributed by atoms with Crippen LogP contribution in [0.15, 0.2) is 30.3 Å². The molecule has 2 atom stereocenters. The van der Waals surface area contributed by atoms with Crippen LogP contribution < -0.4 is 4.90 Å². The lowest BCUT2D eigenvalue weighted by atomic mass is 10.0. The van der Waals surface area contributed by atoms with Crippen LogP contribution in [0.4, 0.5) is 10.5 Å². The third-order valence-electron chi connectivity index (χ3n) is 3.53. The highest BCUT2D eigenvalue weighted by Crippen LogP contribution is 2.30. The monoisotopic (exact) mass is 303 g/mol. The summed E-state index contributed by atoms with van der Waals surface area (Å²) in [6.45, 7) is 5.76. The average molecular weight is 303 g/mol. The van der Waals surface area contributed by atoms with Gasteiger partial charge in [0.2, 0.25) is 0 Å². The molecule has 0 aromatic heterocycles. The molecule has 118 valence electrons. The molecule has 1 aromatic carbocycles. The van der Waals surface area contributed by atoms with E-state index >= 15 is 0 Å². The van der Waals surface area contributed by atoms with Crippen LogP contribution in [0, 0.1) is 0 Å². The second-order valence-electron chi connectivity index (χ2n) is 5.09. The predicted octanol–water partition coefficient (Wildman–Crippen LogP) is 3.39. The number of carbonyl (C=O) groups is 2. The fourth-order valence-corrected chi connectivity index (χ4v) is 2.21. The molecular weight excluding hydrogens is 282 g/mol. The molecule has 1 aliphatic heterocycles. The highest BCUT2D eigenvalue weighted by Gasteiger charge is 2.35. The summed E-state index contributed by atoms with van der Waals surface area (Å²) in [6, 6.07) is 6.58. The van der Waals surface area contributed by atoms with Gasteiger partial charge in [-0.15, -0.1) is 0 Å². The van der Waals surface area contributed by atoms with Gasteiger partial charge < -0.3 is 9.47 Å². The van der Waals surface area contributed by atoms with Crippen LogP contribution in [0.1, 0.15) is 32.8 Å². The van der Waals surface area contributed by atoms with E-state index in [0.29, 0.717) is 12.1 Å². The molecule has 2 rings (SSSR count). The number of carbonyl (C=O) groups excluding carboxylic acids is 2. The van der Waals surface area contributed by atoms with E-state index in [1.807, 2.05) is 38.1 Å². The Kier molecular flexibility index (Phi) is 5.20. The van der Waals surface area contributed by atoms with Crippen LogP contribution >= 0.6 is 0 Å². The predicted molar refractivity (Wildman–Crippen MR) is 84.6 cm³/mol. The number of anilines is 1. The molecule has 1 aliphatic rings. The zero-order valence-electron chi connectivity index (χ0n) is 13.1. The van der Waals surface area contributed by atoms with Gasteiger partial charge in [-0.1, -0.05) is 31.2 Å². The van der Waals surface area contributed by atoms with Crippen molar-refractivity contribution in [1.29, 1.82) is 0 Å². The average Bonchev–Trinajstić information content (AvgIpc) is 2.53. The maximum Gasteiger partial charge on any atom is 0.415 e. The molecule has 0 spiro atoms. The summed E-state index contributed by atoms with van der Waals surface area (Å²) in [5, 5.41) is 0. The maximum atomic E-state index is 12.5. The molecule has 1 amide bonds. The Morgan fingerprint density at radius 3 is 2.68 bits per heavy atom. The number of amides is 1. The minimum Gasteiger partial charge on any atom is -0.464 e. The standard InChI is InChI=1S/C17H21NO4/c1-4-12(3)22-17(20)18-14-9-7-6-8-13(14)10-11-15(18)16(19)21-5-2/h6-12,15H,4-5H2,1-3H3.